The number of thiophene rings is 1. The summed E-state index contributed by atoms with van der Waals surface area (Å²) >= 11 is 1.25. The number of nitrogens with one attached hydrogen (secondary N) is 1. The lowest BCUT2D eigenvalue weighted by Crippen LogP contribution is -2.40. The molecule has 6 nitrogen and oxygen atoms in total. The van der Waals surface area contributed by atoms with Crippen molar-refractivity contribution in [3.05, 3.63) is 41.2 Å². The molecule has 0 radical (unpaired) electrons. The smallest absolute Gasteiger partial charge is 0.291 e. The normalized spacial score (nSPS) is 16.8. The van der Waals surface area contributed by atoms with Crippen LogP contribution in [0.25, 0.3) is 0 Å². The second-order valence-corrected chi connectivity index (χ2v) is 7.05. The summed E-state index contributed by atoms with van der Waals surface area (Å²) in [5.74, 6) is 0.137. The van der Waals surface area contributed by atoms with Crippen LogP contribution in [-0.4, -0.2) is 41.0 Å². The zero-order valence-electron chi connectivity index (χ0n) is 13.4. The van der Waals surface area contributed by atoms with Crippen LogP contribution in [0.1, 0.15) is 40.0 Å². The molecule has 24 heavy (non-hydrogen) atoms. The molecule has 128 valence electrons. The van der Waals surface area contributed by atoms with Gasteiger partial charge in [0.05, 0.1) is 22.2 Å². The summed E-state index contributed by atoms with van der Waals surface area (Å²) in [6.07, 6.45) is 2.75. The maximum absolute atomic E-state index is 12.5. The Morgan fingerprint density at radius 2 is 2.08 bits per heavy atom. The van der Waals surface area contributed by atoms with Crippen molar-refractivity contribution in [3.63, 3.8) is 0 Å². The van der Waals surface area contributed by atoms with E-state index in [4.69, 9.17) is 4.42 Å². The van der Waals surface area contributed by atoms with Crippen molar-refractivity contribution in [1.29, 1.82) is 0 Å². The molecule has 3 heterocycles. The van der Waals surface area contributed by atoms with Crippen LogP contribution in [0.15, 0.2) is 34.9 Å². The van der Waals surface area contributed by atoms with Crippen molar-refractivity contribution in [2.24, 2.45) is 5.92 Å². The fourth-order valence-corrected chi connectivity index (χ4v) is 3.71. The SMILES string of the molecule is CC(O)C1CCN(C(=O)c2ccc(NC(=O)c3ccco3)s2)CC1. The molecule has 2 N–H and O–H groups in total. The number of piperidine rings is 1. The van der Waals surface area contributed by atoms with Crippen molar-refractivity contribution in [2.45, 2.75) is 25.9 Å². The summed E-state index contributed by atoms with van der Waals surface area (Å²) in [4.78, 5) is 26.9. The number of anilines is 1. The Kier molecular flexibility index (Phi) is 5.01. The van der Waals surface area contributed by atoms with Gasteiger partial charge in [0.2, 0.25) is 0 Å². The zero-order chi connectivity index (χ0) is 17.1. The number of likely N-dealkylation sites (tertiary alicyclic amines) is 1. The number of aliphatic hydroxyl groups excluding tert-OH is 1. The minimum atomic E-state index is -0.335. The predicted molar refractivity (Wildman–Crippen MR) is 91.3 cm³/mol. The van der Waals surface area contributed by atoms with Crippen LogP contribution in [-0.2, 0) is 0 Å². The Morgan fingerprint density at radius 3 is 2.71 bits per heavy atom. The second-order valence-electron chi connectivity index (χ2n) is 5.97. The van der Waals surface area contributed by atoms with E-state index in [1.165, 1.54) is 17.6 Å². The summed E-state index contributed by atoms with van der Waals surface area (Å²) in [7, 11) is 0. The summed E-state index contributed by atoms with van der Waals surface area (Å²) in [6, 6.07) is 6.68. The van der Waals surface area contributed by atoms with E-state index >= 15 is 0 Å². The second kappa shape index (κ2) is 7.19. The predicted octanol–water partition coefficient (Wildman–Crippen LogP) is 2.83. The first kappa shape index (κ1) is 16.7. The Balaban J connectivity index is 1.59. The quantitative estimate of drug-likeness (QED) is 0.890. The highest BCUT2D eigenvalue weighted by Gasteiger charge is 2.26. The number of nitrogens with zero attached hydrogens (tertiary/aromatic N) is 1. The molecule has 1 fully saturated rings. The summed E-state index contributed by atoms with van der Waals surface area (Å²) in [5.41, 5.74) is 0. The molecule has 2 aromatic rings. The van der Waals surface area contributed by atoms with E-state index in [1.54, 1.807) is 31.2 Å². The van der Waals surface area contributed by atoms with Crippen LogP contribution in [0.5, 0.6) is 0 Å². The van der Waals surface area contributed by atoms with E-state index in [9.17, 15) is 14.7 Å². The average molecular weight is 348 g/mol. The van der Waals surface area contributed by atoms with Gasteiger partial charge in [0, 0.05) is 13.1 Å². The van der Waals surface area contributed by atoms with Crippen LogP contribution < -0.4 is 5.32 Å². The number of hydrogen-bond acceptors (Lipinski definition) is 5. The molecule has 0 saturated carbocycles. The van der Waals surface area contributed by atoms with Crippen LogP contribution >= 0.6 is 11.3 Å². The Hall–Kier alpha value is -2.12. The molecule has 2 amide bonds. The van der Waals surface area contributed by atoms with E-state index in [2.05, 4.69) is 5.32 Å². The van der Waals surface area contributed by atoms with E-state index < -0.39 is 0 Å². The lowest BCUT2D eigenvalue weighted by atomic mass is 9.92. The molecule has 0 bridgehead atoms. The van der Waals surface area contributed by atoms with E-state index in [0.717, 1.165) is 12.8 Å². The maximum Gasteiger partial charge on any atom is 0.291 e. The Bertz CT molecular complexity index is 700. The number of rotatable bonds is 4. The van der Waals surface area contributed by atoms with Gasteiger partial charge in [0.1, 0.15) is 0 Å². The molecular formula is C17H20N2O4S. The number of carbonyl (C=O) groups excluding carboxylic acids is 2. The lowest BCUT2D eigenvalue weighted by molar-refractivity contribution is 0.0525. The fraction of sp³-hybridized carbons (Fsp3) is 0.412. The van der Waals surface area contributed by atoms with E-state index in [1.807, 2.05) is 4.90 Å². The van der Waals surface area contributed by atoms with Gasteiger partial charge in [0.25, 0.3) is 11.8 Å². The molecule has 0 aliphatic carbocycles. The number of carbonyl (C=O) groups is 2. The van der Waals surface area contributed by atoms with Crippen molar-refractivity contribution in [2.75, 3.05) is 18.4 Å². The summed E-state index contributed by atoms with van der Waals surface area (Å²) < 4.78 is 5.04. The first-order valence-corrected chi connectivity index (χ1v) is 8.78. The van der Waals surface area contributed by atoms with Crippen molar-refractivity contribution < 1.29 is 19.1 Å². The maximum atomic E-state index is 12.5. The minimum Gasteiger partial charge on any atom is -0.459 e. The van der Waals surface area contributed by atoms with Gasteiger partial charge in [-0.2, -0.15) is 0 Å². The number of aliphatic hydroxyl groups is 1. The molecule has 7 heteroatoms. The molecule has 0 aromatic carbocycles. The number of amides is 2. The van der Waals surface area contributed by atoms with Gasteiger partial charge in [-0.25, -0.2) is 0 Å². The third-order valence-electron chi connectivity index (χ3n) is 4.31. The number of hydrogen-bond donors (Lipinski definition) is 2. The van der Waals surface area contributed by atoms with Gasteiger partial charge in [-0.1, -0.05) is 0 Å². The first-order valence-electron chi connectivity index (χ1n) is 7.96. The van der Waals surface area contributed by atoms with Crippen molar-refractivity contribution in [1.82, 2.24) is 4.90 Å². The largest absolute Gasteiger partial charge is 0.459 e. The van der Waals surface area contributed by atoms with Gasteiger partial charge in [-0.15, -0.1) is 11.3 Å². The molecule has 3 rings (SSSR count). The summed E-state index contributed by atoms with van der Waals surface area (Å²) in [5, 5.41) is 13.0. The molecular weight excluding hydrogens is 328 g/mol. The Labute approximate surface area is 144 Å². The van der Waals surface area contributed by atoms with Crippen LogP contribution in [0, 0.1) is 5.92 Å². The van der Waals surface area contributed by atoms with Gasteiger partial charge in [-0.05, 0) is 49.9 Å². The van der Waals surface area contributed by atoms with Crippen molar-refractivity contribution >= 4 is 28.2 Å². The molecule has 1 saturated heterocycles. The van der Waals surface area contributed by atoms with E-state index in [-0.39, 0.29) is 29.6 Å². The Morgan fingerprint density at radius 1 is 1.33 bits per heavy atom. The molecule has 0 spiro atoms. The monoisotopic (exact) mass is 348 g/mol. The average Bonchev–Trinajstić information content (AvgIpc) is 3.26. The molecule has 1 atom stereocenters. The van der Waals surface area contributed by atoms with E-state index in [0.29, 0.717) is 23.0 Å². The summed E-state index contributed by atoms with van der Waals surface area (Å²) in [6.45, 7) is 3.11. The third kappa shape index (κ3) is 3.68. The highest BCUT2D eigenvalue weighted by atomic mass is 32.1. The van der Waals surface area contributed by atoms with Gasteiger partial charge < -0.3 is 19.7 Å². The molecule has 1 unspecified atom stereocenters. The highest BCUT2D eigenvalue weighted by molar-refractivity contribution is 7.18. The van der Waals surface area contributed by atoms with Crippen LogP contribution in [0.4, 0.5) is 5.00 Å². The fourth-order valence-electron chi connectivity index (χ4n) is 2.84. The lowest BCUT2D eigenvalue weighted by Gasteiger charge is -2.33. The van der Waals surface area contributed by atoms with Gasteiger partial charge in [0.15, 0.2) is 5.76 Å². The minimum absolute atomic E-state index is 0.0254. The first-order chi connectivity index (χ1) is 11.5. The topological polar surface area (TPSA) is 82.8 Å². The van der Waals surface area contributed by atoms with Crippen molar-refractivity contribution in [3.8, 4) is 0 Å². The van der Waals surface area contributed by atoms with Gasteiger partial charge in [-0.3, -0.25) is 9.59 Å². The van der Waals surface area contributed by atoms with Gasteiger partial charge >= 0.3 is 0 Å². The molecule has 1 aliphatic heterocycles. The molecule has 2 aromatic heterocycles. The van der Waals surface area contributed by atoms with Crippen LogP contribution in [0.3, 0.4) is 0 Å². The standard InChI is InChI=1S/C17H20N2O4S/c1-11(20)12-6-8-19(9-7-12)17(22)14-4-5-15(24-14)18-16(21)13-3-2-10-23-13/h2-5,10-12,20H,6-9H2,1H3,(H,18,21). The highest BCUT2D eigenvalue weighted by Crippen LogP contribution is 2.27. The number of furan rings is 1. The molecule has 1 aliphatic rings. The third-order valence-corrected chi connectivity index (χ3v) is 5.30. The van der Waals surface area contributed by atoms with Crippen LogP contribution in [0.2, 0.25) is 0 Å². The zero-order valence-corrected chi connectivity index (χ0v) is 14.2.